The number of nitrogen functional groups attached to an aromatic ring is 1. The fourth-order valence-corrected chi connectivity index (χ4v) is 13.4. The van der Waals surface area contributed by atoms with Crippen molar-refractivity contribution in [2.24, 2.45) is 9.98 Å². The first-order valence-corrected chi connectivity index (χ1v) is 39.0. The van der Waals surface area contributed by atoms with Crippen LogP contribution in [0.5, 0.6) is 0 Å². The number of aromatic carboxylic acids is 1. The van der Waals surface area contributed by atoms with Crippen LogP contribution in [-0.4, -0.2) is 81.8 Å². The number of hydroxylamine groups is 1. The molecule has 119 heavy (non-hydrogen) atoms. The largest absolute Gasteiger partial charge is 0.488 e. The van der Waals surface area contributed by atoms with Crippen molar-refractivity contribution in [3.05, 3.63) is 366 Å². The molecule has 0 aliphatic carbocycles. The van der Waals surface area contributed by atoms with Crippen LogP contribution in [0.1, 0.15) is 99.0 Å². The second-order valence-electron chi connectivity index (χ2n) is 26.0. The number of fused-ring (bicyclic) bond motifs is 8. The van der Waals surface area contributed by atoms with Gasteiger partial charge in [-0.3, -0.25) is 14.8 Å². The van der Waals surface area contributed by atoms with Gasteiger partial charge in [-0.15, -0.1) is 0 Å². The van der Waals surface area contributed by atoms with Gasteiger partial charge in [-0.2, -0.15) is 0 Å². The maximum Gasteiger partial charge on any atom is 0.488 e. The highest BCUT2D eigenvalue weighted by Gasteiger charge is 2.24. The highest BCUT2D eigenvalue weighted by molar-refractivity contribution is 6.58. The fraction of sp³-hybridized carbons (Fsp3) is 0.0556. The summed E-state index contributed by atoms with van der Waals surface area (Å²) in [5.74, 6) is -2.42. The van der Waals surface area contributed by atoms with Gasteiger partial charge < -0.3 is 67.6 Å². The summed E-state index contributed by atoms with van der Waals surface area (Å²) in [4.78, 5) is 67.4. The number of anilines is 13. The minimum absolute atomic E-state index is 0.130. The quantitative estimate of drug-likeness (QED) is 0.0109. The number of carbonyl (C=O) groups excluding carboxylic acids is 4. The molecule has 0 fully saturated rings. The van der Waals surface area contributed by atoms with Crippen LogP contribution in [0.15, 0.2) is 295 Å². The number of rotatable bonds is 11. The van der Waals surface area contributed by atoms with Gasteiger partial charge in [0.05, 0.1) is 115 Å². The summed E-state index contributed by atoms with van der Waals surface area (Å²) in [6.07, 6.45) is 0. The Morgan fingerprint density at radius 3 is 1.36 bits per heavy atom. The van der Waals surface area contributed by atoms with Gasteiger partial charge >= 0.3 is 25.0 Å². The van der Waals surface area contributed by atoms with Crippen LogP contribution >= 0.6 is 69.6 Å². The number of hydrogen-bond donors (Lipinski definition) is 13. The Kier molecular flexibility index (Phi) is 28.7. The summed E-state index contributed by atoms with van der Waals surface area (Å²) < 4.78 is 9.82. The van der Waals surface area contributed by atoms with Crippen LogP contribution in [0, 0.1) is 0 Å². The molecule has 598 valence electrons. The number of carboxylic acids is 1. The summed E-state index contributed by atoms with van der Waals surface area (Å²) in [7, 11) is -1.51. The highest BCUT2D eigenvalue weighted by Crippen LogP contribution is 2.42. The molecular formula is C90H72BCl6N11O11. The van der Waals surface area contributed by atoms with E-state index in [4.69, 9.17) is 115 Å². The molecule has 0 bridgehead atoms. The maximum atomic E-state index is 12.0. The molecule has 0 aromatic heterocycles. The van der Waals surface area contributed by atoms with Crippen molar-refractivity contribution >= 4 is 209 Å². The topological polar surface area (TPSA) is 332 Å². The van der Waals surface area contributed by atoms with Crippen LogP contribution < -0.4 is 53.9 Å². The lowest BCUT2D eigenvalue weighted by molar-refractivity contribution is 0.0517. The van der Waals surface area contributed by atoms with Crippen molar-refractivity contribution < 1.29 is 53.8 Å². The molecular weight excluding hydrogens is 1630 g/mol. The van der Waals surface area contributed by atoms with Gasteiger partial charge in [0.25, 0.3) is 11.8 Å². The third-order valence-corrected chi connectivity index (χ3v) is 19.6. The van der Waals surface area contributed by atoms with Gasteiger partial charge in [-0.1, -0.05) is 185 Å². The minimum atomic E-state index is -1.51. The fourth-order valence-electron chi connectivity index (χ4n) is 12.3. The van der Waals surface area contributed by atoms with Gasteiger partial charge in [0.2, 0.25) is 0 Å². The molecule has 29 heteroatoms. The number of amides is 2. The Morgan fingerprint density at radius 2 is 0.849 bits per heavy atom. The Bertz CT molecular complexity index is 5990. The lowest BCUT2D eigenvalue weighted by Gasteiger charge is -2.12. The van der Waals surface area contributed by atoms with Gasteiger partial charge in [0, 0.05) is 75.6 Å². The number of carboxylic acid groups (broad SMARTS) is 1. The summed E-state index contributed by atoms with van der Waals surface area (Å²) in [6, 6.07) is 85.1. The predicted molar refractivity (Wildman–Crippen MR) is 478 cm³/mol. The number of para-hydroxylation sites is 5. The van der Waals surface area contributed by atoms with Crippen molar-refractivity contribution in [2.45, 2.75) is 19.3 Å². The molecule has 4 aliphatic rings. The lowest BCUT2D eigenvalue weighted by Crippen LogP contribution is -2.29. The average Bonchev–Trinajstić information content (AvgIpc) is 1.68. The molecule has 13 aromatic rings. The SMILES string of the molecule is CCOC(=O)c1ccc(B(O)O)cc1.CCOC(=O)c1ccc(C2=Nc3cc(Cl)ccc3Nc3ccccc32)cc1.Clc1ccc2c(c1)NC(Cl)c1ccccc1N2.Nc1cc(Cl)ccc1Nc1ccccc1C(=O)O.O=C(NO)c1ccc(C2=Nc3cc(Cl)ccc3Nc3ccccc32)cc1.O=C1Nc2cc(Cl)ccc2Nc2ccccc21. The number of alkyl halides is 1. The second kappa shape index (κ2) is 40.1. The van der Waals surface area contributed by atoms with E-state index in [9.17, 15) is 24.0 Å². The number of nitrogens with two attached hydrogens (primary N) is 1. The molecule has 17 rings (SSSR count). The van der Waals surface area contributed by atoms with Crippen molar-refractivity contribution in [3.63, 3.8) is 0 Å². The van der Waals surface area contributed by atoms with Crippen molar-refractivity contribution in [2.75, 3.05) is 56.2 Å². The van der Waals surface area contributed by atoms with Crippen molar-refractivity contribution in [1.29, 1.82) is 0 Å². The summed E-state index contributed by atoms with van der Waals surface area (Å²) in [5, 5.41) is 60.9. The molecule has 0 radical (unpaired) electrons. The molecule has 1 atom stereocenters. The van der Waals surface area contributed by atoms with Gasteiger partial charge in [-0.05, 0) is 189 Å². The first-order chi connectivity index (χ1) is 57.5. The Balaban J connectivity index is 0.000000133. The molecule has 22 nitrogen and oxygen atoms in total. The van der Waals surface area contributed by atoms with Gasteiger partial charge in [0.1, 0.15) is 5.50 Å². The standard InChI is InChI=1S/C22H17ClN2O2.C20H14ClN3O2.C13H10Cl2N2.C13H11ClN2O2.C13H9ClN2O.C9H11BO4/c1-2-27-22(26)15-9-7-14(8-10-15)21-17-5-3-4-6-18(17)24-19-12-11-16(23)13-20(19)25-21;21-14-9-10-17-18(11-14)23-19(15-3-1-2-4-16(15)22-17)12-5-7-13(8-6-12)20(25)24-26;14-8-5-6-11-12(7-8)17-13(15)9-3-1-2-4-10(9)16-11;14-8-5-6-12(10(15)7-8)16-11-4-2-1-3-9(11)13(17)18;14-8-5-6-11-12(7-8)16-13(17)9-3-1-2-4-10(9)15-11;1-2-14-9(11)7-3-5-8(6-4-7)10(12)13/h3-13,24H,2H2,1H3;1-11,22,26H,(H,24,25);1-7,13,16-17H;1-7,16H,15H2,(H,17,18);1-7,15H,(H,16,17);3-6,12-13H,2H2,1H3. The first kappa shape index (κ1) is 85.2. The third-order valence-electron chi connectivity index (χ3n) is 18.1. The second-order valence-corrected chi connectivity index (χ2v) is 28.7. The summed E-state index contributed by atoms with van der Waals surface area (Å²) in [6.45, 7) is 4.19. The molecule has 14 N–H and O–H groups in total. The maximum absolute atomic E-state index is 12.0. The Labute approximate surface area is 714 Å². The number of ether oxygens (including phenoxy) is 2. The van der Waals surface area contributed by atoms with Gasteiger partial charge in [-0.25, -0.2) is 29.8 Å². The molecule has 1 unspecified atom stereocenters. The van der Waals surface area contributed by atoms with Crippen LogP contribution in [0.25, 0.3) is 0 Å². The summed E-state index contributed by atoms with van der Waals surface area (Å²) in [5.41, 5.74) is 27.9. The number of hydrogen-bond acceptors (Lipinski definition) is 19. The normalized spacial score (nSPS) is 12.4. The molecule has 0 spiro atoms. The van der Waals surface area contributed by atoms with E-state index in [0.29, 0.717) is 88.8 Å². The number of nitrogens with one attached hydrogen (secondary N) is 8. The predicted octanol–water partition coefficient (Wildman–Crippen LogP) is 21.7. The molecule has 4 aliphatic heterocycles. The van der Waals surface area contributed by atoms with Crippen LogP contribution in [0.2, 0.25) is 25.1 Å². The zero-order valence-electron chi connectivity index (χ0n) is 63.1. The molecule has 13 aromatic carbocycles. The van der Waals surface area contributed by atoms with E-state index in [1.165, 1.54) is 30.3 Å². The van der Waals surface area contributed by atoms with Crippen molar-refractivity contribution in [1.82, 2.24) is 5.48 Å². The molecule has 4 heterocycles. The van der Waals surface area contributed by atoms with E-state index in [1.54, 1.807) is 110 Å². The van der Waals surface area contributed by atoms with E-state index in [2.05, 4.69) is 37.2 Å². The smallest absolute Gasteiger partial charge is 0.478 e. The molecule has 0 saturated carbocycles. The van der Waals surface area contributed by atoms with Gasteiger partial charge in [0.15, 0.2) is 0 Å². The van der Waals surface area contributed by atoms with Crippen LogP contribution in [-0.2, 0) is 9.47 Å². The lowest BCUT2D eigenvalue weighted by atomic mass is 9.80. The Morgan fingerprint density at radius 1 is 0.437 bits per heavy atom. The van der Waals surface area contributed by atoms with Crippen molar-refractivity contribution in [3.8, 4) is 0 Å². The highest BCUT2D eigenvalue weighted by atomic mass is 35.5. The van der Waals surface area contributed by atoms with E-state index in [0.717, 1.165) is 102 Å². The minimum Gasteiger partial charge on any atom is -0.478 e. The number of halogens is 6. The van der Waals surface area contributed by atoms with E-state index in [1.807, 2.05) is 164 Å². The van der Waals surface area contributed by atoms with E-state index < -0.39 is 25.0 Å². The number of carbonyl (C=O) groups is 5. The zero-order chi connectivity index (χ0) is 84.2. The Hall–Kier alpha value is -13.2. The number of esters is 2. The monoisotopic (exact) mass is 1700 g/mol. The third kappa shape index (κ3) is 21.9. The van der Waals surface area contributed by atoms with E-state index in [-0.39, 0.29) is 22.9 Å². The molecule has 0 saturated heterocycles. The number of aliphatic imine (C=N–C) groups is 2. The number of benzene rings is 13. The van der Waals surface area contributed by atoms with Crippen LogP contribution in [0.3, 0.4) is 0 Å². The summed E-state index contributed by atoms with van der Waals surface area (Å²) >= 11 is 36.3. The van der Waals surface area contributed by atoms with Crippen LogP contribution in [0.4, 0.5) is 85.3 Å². The average molecular weight is 1710 g/mol. The first-order valence-electron chi connectivity index (χ1n) is 36.6. The van der Waals surface area contributed by atoms with E-state index >= 15 is 0 Å². The zero-order valence-corrected chi connectivity index (χ0v) is 67.6. The number of nitrogens with zero attached hydrogens (tertiary/aromatic N) is 2. The molecule has 2 amide bonds.